The fourth-order valence-electron chi connectivity index (χ4n) is 4.74. The van der Waals surface area contributed by atoms with Crippen molar-refractivity contribution < 1.29 is 41.8 Å². The molecule has 1 fully saturated rings. The molecule has 0 saturated carbocycles. The summed E-state index contributed by atoms with van der Waals surface area (Å²) in [5.41, 5.74) is -0.270. The van der Waals surface area contributed by atoms with Gasteiger partial charge >= 0.3 is 12.1 Å². The Kier molecular flexibility index (Phi) is 11.0. The number of esters is 1. The third kappa shape index (κ3) is 9.22. The summed E-state index contributed by atoms with van der Waals surface area (Å²) in [7, 11) is 1.14. The van der Waals surface area contributed by atoms with E-state index in [4.69, 9.17) is 4.74 Å². The van der Waals surface area contributed by atoms with Crippen molar-refractivity contribution in [1.29, 1.82) is 0 Å². The molecule has 228 valence electrons. The number of hydrogen-bond donors (Lipinski definition) is 2. The largest absolute Gasteiger partial charge is 0.469 e. The topological polar surface area (TPSA) is 114 Å². The van der Waals surface area contributed by atoms with Crippen LogP contribution in [0.25, 0.3) is 0 Å². The summed E-state index contributed by atoms with van der Waals surface area (Å²) in [4.78, 5) is 53.2. The number of ether oxygens (including phenoxy) is 2. The summed E-state index contributed by atoms with van der Waals surface area (Å²) < 4.78 is 51.6. The molecule has 2 aromatic rings. The van der Waals surface area contributed by atoms with Crippen molar-refractivity contribution in [1.82, 2.24) is 15.5 Å². The van der Waals surface area contributed by atoms with Gasteiger partial charge in [0.2, 0.25) is 11.8 Å². The molecule has 3 amide bonds. The van der Waals surface area contributed by atoms with Crippen molar-refractivity contribution in [2.75, 3.05) is 13.7 Å². The van der Waals surface area contributed by atoms with Crippen LogP contribution < -0.4 is 10.6 Å². The third-order valence-corrected chi connectivity index (χ3v) is 6.65. The zero-order chi connectivity index (χ0) is 31.0. The van der Waals surface area contributed by atoms with Crippen molar-refractivity contribution in [3.8, 4) is 0 Å². The van der Waals surface area contributed by atoms with Gasteiger partial charge in [-0.25, -0.2) is 18.0 Å². The number of carbonyl (C=O) groups excluding carboxylic acids is 4. The molecular weight excluding hydrogens is 555 g/mol. The van der Waals surface area contributed by atoms with Crippen LogP contribution in [0.2, 0.25) is 0 Å². The summed E-state index contributed by atoms with van der Waals surface area (Å²) >= 11 is 0. The van der Waals surface area contributed by atoms with Crippen LogP contribution in [0.4, 0.5) is 18.0 Å². The number of likely N-dealkylation sites (tertiary alicyclic amines) is 1. The Hall–Kier alpha value is -4.09. The number of methoxy groups -OCH3 is 1. The first kappa shape index (κ1) is 32.4. The van der Waals surface area contributed by atoms with Crippen LogP contribution in [0, 0.1) is 17.5 Å². The van der Waals surface area contributed by atoms with Crippen LogP contribution in [0.15, 0.2) is 42.5 Å². The van der Waals surface area contributed by atoms with E-state index in [0.29, 0.717) is 25.0 Å². The first-order chi connectivity index (χ1) is 19.8. The maximum absolute atomic E-state index is 14.4. The van der Waals surface area contributed by atoms with Crippen LogP contribution in [0.1, 0.15) is 51.2 Å². The number of amides is 3. The number of carbonyl (C=O) groups is 4. The minimum Gasteiger partial charge on any atom is -0.469 e. The lowest BCUT2D eigenvalue weighted by Crippen LogP contribution is -2.55. The van der Waals surface area contributed by atoms with E-state index < -0.39 is 65.1 Å². The van der Waals surface area contributed by atoms with Crippen molar-refractivity contribution >= 4 is 23.9 Å². The molecule has 0 aromatic heterocycles. The quantitative estimate of drug-likeness (QED) is 0.321. The lowest BCUT2D eigenvalue weighted by atomic mass is 10.0. The zero-order valence-corrected chi connectivity index (χ0v) is 24.0. The molecule has 1 aliphatic rings. The molecule has 9 nitrogen and oxygen atoms in total. The Balaban J connectivity index is 1.80. The molecule has 0 spiro atoms. The highest BCUT2D eigenvalue weighted by Gasteiger charge is 2.39. The second-order valence-corrected chi connectivity index (χ2v) is 11.1. The Labute approximate surface area is 242 Å². The SMILES string of the molecule is COC(=O)CC(Cc1cc(F)c(F)cc1F)NC(=O)C1CCCN1C(=O)C(Cc1ccccc1)NC(=O)OC(C)(C)C. The Morgan fingerprint density at radius 1 is 0.976 bits per heavy atom. The van der Waals surface area contributed by atoms with Crippen molar-refractivity contribution in [2.45, 2.75) is 76.6 Å². The Morgan fingerprint density at radius 3 is 2.29 bits per heavy atom. The molecule has 12 heteroatoms. The second-order valence-electron chi connectivity index (χ2n) is 11.1. The van der Waals surface area contributed by atoms with Gasteiger partial charge in [-0.05, 0) is 57.2 Å². The minimum absolute atomic E-state index is 0.143. The maximum Gasteiger partial charge on any atom is 0.408 e. The molecule has 2 aromatic carbocycles. The molecule has 0 radical (unpaired) electrons. The van der Waals surface area contributed by atoms with E-state index in [-0.39, 0.29) is 31.4 Å². The van der Waals surface area contributed by atoms with E-state index in [2.05, 4.69) is 15.4 Å². The fraction of sp³-hybridized carbons (Fsp3) is 0.467. The number of nitrogens with one attached hydrogen (secondary N) is 2. The average Bonchev–Trinajstić information content (AvgIpc) is 3.40. The van der Waals surface area contributed by atoms with Gasteiger partial charge in [0.1, 0.15) is 23.5 Å². The molecule has 0 bridgehead atoms. The summed E-state index contributed by atoms with van der Waals surface area (Å²) in [5, 5.41) is 5.28. The van der Waals surface area contributed by atoms with Crippen molar-refractivity contribution in [2.24, 2.45) is 0 Å². The van der Waals surface area contributed by atoms with E-state index in [1.165, 1.54) is 4.90 Å². The number of halogens is 3. The monoisotopic (exact) mass is 591 g/mol. The van der Waals surface area contributed by atoms with Crippen LogP contribution in [-0.4, -0.2) is 66.2 Å². The summed E-state index contributed by atoms with van der Waals surface area (Å²) in [6.07, 6.45) is -0.562. The highest BCUT2D eigenvalue weighted by Crippen LogP contribution is 2.22. The van der Waals surface area contributed by atoms with Crippen molar-refractivity contribution in [3.05, 3.63) is 71.0 Å². The number of rotatable bonds is 10. The van der Waals surface area contributed by atoms with E-state index >= 15 is 0 Å². The molecule has 42 heavy (non-hydrogen) atoms. The molecule has 1 saturated heterocycles. The number of hydrogen-bond acceptors (Lipinski definition) is 6. The Morgan fingerprint density at radius 2 is 1.64 bits per heavy atom. The highest BCUT2D eigenvalue weighted by molar-refractivity contribution is 5.92. The summed E-state index contributed by atoms with van der Waals surface area (Å²) in [5.74, 6) is -5.51. The van der Waals surface area contributed by atoms with Gasteiger partial charge in [-0.2, -0.15) is 0 Å². The third-order valence-electron chi connectivity index (χ3n) is 6.65. The van der Waals surface area contributed by atoms with E-state index in [0.717, 1.165) is 12.7 Å². The normalized spacial score (nSPS) is 16.4. The smallest absolute Gasteiger partial charge is 0.408 e. The van der Waals surface area contributed by atoms with Gasteiger partial charge in [0.15, 0.2) is 11.6 Å². The summed E-state index contributed by atoms with van der Waals surface area (Å²) in [6, 6.07) is 7.05. The molecule has 3 unspecified atom stereocenters. The highest BCUT2D eigenvalue weighted by atomic mass is 19.2. The molecule has 2 N–H and O–H groups in total. The zero-order valence-electron chi connectivity index (χ0n) is 24.0. The van der Waals surface area contributed by atoms with Crippen LogP contribution in [-0.2, 0) is 36.7 Å². The fourth-order valence-corrected chi connectivity index (χ4v) is 4.74. The molecule has 0 aliphatic carbocycles. The van der Waals surface area contributed by atoms with Crippen LogP contribution in [0.5, 0.6) is 0 Å². The number of nitrogens with zero attached hydrogens (tertiary/aromatic N) is 1. The van der Waals surface area contributed by atoms with Gasteiger partial charge < -0.3 is 25.0 Å². The van der Waals surface area contributed by atoms with Gasteiger partial charge in [-0.1, -0.05) is 30.3 Å². The van der Waals surface area contributed by atoms with E-state index in [1.54, 1.807) is 45.0 Å². The van der Waals surface area contributed by atoms with E-state index in [9.17, 15) is 32.3 Å². The lowest BCUT2D eigenvalue weighted by molar-refractivity contribution is -0.142. The Bertz CT molecular complexity index is 1290. The van der Waals surface area contributed by atoms with Gasteiger partial charge in [-0.15, -0.1) is 0 Å². The molecule has 1 aliphatic heterocycles. The predicted molar refractivity (Wildman–Crippen MR) is 147 cm³/mol. The molecule has 3 atom stereocenters. The summed E-state index contributed by atoms with van der Waals surface area (Å²) in [6.45, 7) is 5.31. The van der Waals surface area contributed by atoms with Crippen molar-refractivity contribution in [3.63, 3.8) is 0 Å². The number of alkyl carbamates (subject to hydrolysis) is 1. The van der Waals surface area contributed by atoms with Crippen LogP contribution >= 0.6 is 0 Å². The minimum atomic E-state index is -1.37. The average molecular weight is 592 g/mol. The molecule has 1 heterocycles. The standard InChI is InChI=1S/C30H36F3N3O6/c1-30(2,3)42-29(40)35-24(13-18-9-6-5-7-10-18)28(39)36-12-8-11-25(36)27(38)34-20(16-26(37)41-4)14-19-15-22(32)23(33)17-21(19)31/h5-7,9-10,15,17,20,24-25H,8,11-14,16H2,1-4H3,(H,34,38)(H,35,40). The molecular formula is C30H36F3N3O6. The second kappa shape index (κ2) is 14.2. The van der Waals surface area contributed by atoms with Crippen LogP contribution in [0.3, 0.4) is 0 Å². The van der Waals surface area contributed by atoms with Gasteiger partial charge in [0.05, 0.1) is 13.5 Å². The first-order valence-electron chi connectivity index (χ1n) is 13.6. The molecule has 3 rings (SSSR count). The van der Waals surface area contributed by atoms with Gasteiger partial charge in [0, 0.05) is 25.1 Å². The van der Waals surface area contributed by atoms with E-state index in [1.807, 2.05) is 6.07 Å². The number of benzene rings is 2. The maximum atomic E-state index is 14.4. The first-order valence-corrected chi connectivity index (χ1v) is 13.6. The predicted octanol–water partition coefficient (Wildman–Crippen LogP) is 3.82. The van der Waals surface area contributed by atoms with Gasteiger partial charge in [-0.3, -0.25) is 14.4 Å². The van der Waals surface area contributed by atoms with Gasteiger partial charge in [0.25, 0.3) is 0 Å². The lowest BCUT2D eigenvalue weighted by Gasteiger charge is -2.30.